The maximum absolute atomic E-state index is 12.2. The molecule has 1 atom stereocenters. The molecule has 1 amide bonds. The fraction of sp³-hybridized carbons (Fsp3) is 0.400. The van der Waals surface area contributed by atoms with Crippen molar-refractivity contribution >= 4 is 33.6 Å². The van der Waals surface area contributed by atoms with Crippen molar-refractivity contribution in [1.82, 2.24) is 20.2 Å². The van der Waals surface area contributed by atoms with Gasteiger partial charge in [0, 0.05) is 15.6 Å². The molecule has 2 rings (SSSR count). The summed E-state index contributed by atoms with van der Waals surface area (Å²) in [6.07, 6.45) is 0. The molecule has 0 saturated heterocycles. The first-order valence-corrected chi connectivity index (χ1v) is 8.80. The van der Waals surface area contributed by atoms with Gasteiger partial charge in [0.1, 0.15) is 0 Å². The Morgan fingerprint density at radius 3 is 2.61 bits per heavy atom. The third kappa shape index (κ3) is 4.48. The predicted octanol–water partition coefficient (Wildman–Crippen LogP) is 2.82. The topological polar surface area (TPSA) is 85.8 Å². The fourth-order valence-corrected chi connectivity index (χ4v) is 3.10. The summed E-state index contributed by atoms with van der Waals surface area (Å²) in [5.74, 6) is 6.58. The zero-order valence-corrected chi connectivity index (χ0v) is 15.9. The second-order valence-corrected chi connectivity index (χ2v) is 8.32. The molecule has 1 aromatic carbocycles. The summed E-state index contributed by atoms with van der Waals surface area (Å²) in [7, 11) is 0. The smallest absolute Gasteiger partial charge is 0.233 e. The number of aromatic nitrogens is 3. The minimum Gasteiger partial charge on any atom is -0.351 e. The Hall–Kier alpha value is -1.54. The van der Waals surface area contributed by atoms with Crippen molar-refractivity contribution in [3.63, 3.8) is 0 Å². The highest BCUT2D eigenvalue weighted by molar-refractivity contribution is 9.10. The number of hydrogen-bond donors (Lipinski definition) is 2. The maximum atomic E-state index is 12.2. The fourth-order valence-electron chi connectivity index (χ4n) is 1.87. The summed E-state index contributed by atoms with van der Waals surface area (Å²) in [5.41, 5.74) is 0.573. The monoisotopic (exact) mass is 397 g/mol. The van der Waals surface area contributed by atoms with Crippen LogP contribution in [0.1, 0.15) is 27.7 Å². The first-order valence-electron chi connectivity index (χ1n) is 7.13. The highest BCUT2D eigenvalue weighted by atomic mass is 79.9. The van der Waals surface area contributed by atoms with Gasteiger partial charge in [-0.05, 0) is 39.8 Å². The number of carbonyl (C=O) groups excluding carboxylic acids is 1. The largest absolute Gasteiger partial charge is 0.351 e. The number of hydrogen-bond acceptors (Lipinski definition) is 5. The van der Waals surface area contributed by atoms with E-state index in [-0.39, 0.29) is 16.7 Å². The second-order valence-electron chi connectivity index (χ2n) is 6.16. The third-order valence-electron chi connectivity index (χ3n) is 2.93. The summed E-state index contributed by atoms with van der Waals surface area (Å²) >= 11 is 4.75. The average molecular weight is 398 g/mol. The maximum Gasteiger partial charge on any atom is 0.233 e. The minimum absolute atomic E-state index is 0.0621. The average Bonchev–Trinajstić information content (AvgIpc) is 2.79. The second kappa shape index (κ2) is 6.92. The van der Waals surface area contributed by atoms with Crippen molar-refractivity contribution in [1.29, 1.82) is 0 Å². The van der Waals surface area contributed by atoms with E-state index in [4.69, 9.17) is 5.84 Å². The molecule has 1 aromatic heterocycles. The van der Waals surface area contributed by atoms with Crippen molar-refractivity contribution in [2.45, 2.75) is 43.6 Å². The summed E-state index contributed by atoms with van der Waals surface area (Å²) in [6.45, 7) is 7.65. The third-order valence-corrected chi connectivity index (χ3v) is 4.68. The molecule has 0 saturated carbocycles. The summed E-state index contributed by atoms with van der Waals surface area (Å²) in [6, 6.07) is 7.64. The molecule has 1 heterocycles. The molecule has 0 bridgehead atoms. The molecule has 2 aromatic rings. The van der Waals surface area contributed by atoms with Gasteiger partial charge in [-0.15, -0.1) is 10.2 Å². The van der Waals surface area contributed by atoms with Crippen LogP contribution in [0.2, 0.25) is 0 Å². The number of carbonyl (C=O) groups is 1. The highest BCUT2D eigenvalue weighted by Crippen LogP contribution is 2.29. The summed E-state index contributed by atoms with van der Waals surface area (Å²) in [5, 5.41) is 11.3. The van der Waals surface area contributed by atoms with Crippen LogP contribution in [0.25, 0.3) is 11.4 Å². The van der Waals surface area contributed by atoms with Crippen LogP contribution >= 0.6 is 27.7 Å². The predicted molar refractivity (Wildman–Crippen MR) is 96.5 cm³/mol. The molecule has 0 radical (unpaired) electrons. The SMILES string of the molecule is C[C@H](Sc1nnc(-c2ccccc2Br)n1N)C(=O)NC(C)(C)C. The van der Waals surface area contributed by atoms with Gasteiger partial charge in [-0.1, -0.05) is 39.8 Å². The number of nitrogens with two attached hydrogens (primary N) is 1. The van der Waals surface area contributed by atoms with Crippen molar-refractivity contribution in [2.75, 3.05) is 5.84 Å². The van der Waals surface area contributed by atoms with Gasteiger partial charge in [0.2, 0.25) is 11.1 Å². The lowest BCUT2D eigenvalue weighted by molar-refractivity contribution is -0.121. The molecular weight excluding hydrogens is 378 g/mol. The van der Waals surface area contributed by atoms with Crippen LogP contribution in [-0.4, -0.2) is 31.6 Å². The van der Waals surface area contributed by atoms with E-state index in [9.17, 15) is 4.79 Å². The molecule has 23 heavy (non-hydrogen) atoms. The molecular formula is C15H20BrN5OS. The van der Waals surface area contributed by atoms with Gasteiger partial charge in [-0.25, -0.2) is 4.68 Å². The lowest BCUT2D eigenvalue weighted by Crippen LogP contribution is -2.44. The Morgan fingerprint density at radius 1 is 1.35 bits per heavy atom. The van der Waals surface area contributed by atoms with Crippen LogP contribution in [0.3, 0.4) is 0 Å². The highest BCUT2D eigenvalue weighted by Gasteiger charge is 2.23. The van der Waals surface area contributed by atoms with E-state index in [1.807, 2.05) is 52.0 Å². The molecule has 6 nitrogen and oxygen atoms in total. The van der Waals surface area contributed by atoms with E-state index >= 15 is 0 Å². The van der Waals surface area contributed by atoms with E-state index in [0.29, 0.717) is 11.0 Å². The van der Waals surface area contributed by atoms with E-state index in [1.165, 1.54) is 16.4 Å². The molecule has 0 fully saturated rings. The Morgan fingerprint density at radius 2 is 2.00 bits per heavy atom. The number of amides is 1. The zero-order chi connectivity index (χ0) is 17.2. The first kappa shape index (κ1) is 17.8. The van der Waals surface area contributed by atoms with Crippen LogP contribution in [0.4, 0.5) is 0 Å². The van der Waals surface area contributed by atoms with Crippen molar-refractivity contribution in [3.8, 4) is 11.4 Å². The number of rotatable bonds is 4. The number of nitrogens with zero attached hydrogens (tertiary/aromatic N) is 3. The number of nitrogens with one attached hydrogen (secondary N) is 1. The van der Waals surface area contributed by atoms with Crippen LogP contribution in [-0.2, 0) is 4.79 Å². The summed E-state index contributed by atoms with van der Waals surface area (Å²) < 4.78 is 2.29. The van der Waals surface area contributed by atoms with Gasteiger partial charge in [0.25, 0.3) is 0 Å². The van der Waals surface area contributed by atoms with Crippen LogP contribution in [0, 0.1) is 0 Å². The molecule has 8 heteroatoms. The molecule has 0 aliphatic heterocycles. The summed E-state index contributed by atoms with van der Waals surface area (Å²) in [4.78, 5) is 12.2. The molecule has 0 aliphatic carbocycles. The zero-order valence-electron chi connectivity index (χ0n) is 13.5. The lowest BCUT2D eigenvalue weighted by atomic mass is 10.1. The van der Waals surface area contributed by atoms with Crippen LogP contribution in [0.5, 0.6) is 0 Å². The van der Waals surface area contributed by atoms with E-state index in [0.717, 1.165) is 10.0 Å². The van der Waals surface area contributed by atoms with E-state index < -0.39 is 0 Å². The molecule has 124 valence electrons. The van der Waals surface area contributed by atoms with Gasteiger partial charge < -0.3 is 11.2 Å². The first-order chi connectivity index (χ1) is 10.7. The van der Waals surface area contributed by atoms with E-state index in [2.05, 4.69) is 31.4 Å². The van der Waals surface area contributed by atoms with Gasteiger partial charge in [-0.3, -0.25) is 4.79 Å². The van der Waals surface area contributed by atoms with Crippen LogP contribution in [0.15, 0.2) is 33.9 Å². The van der Waals surface area contributed by atoms with Gasteiger partial charge in [0.05, 0.1) is 5.25 Å². The molecule has 0 spiro atoms. The lowest BCUT2D eigenvalue weighted by Gasteiger charge is -2.22. The number of nitrogen functional groups attached to an aromatic ring is 1. The normalized spacial score (nSPS) is 12.9. The van der Waals surface area contributed by atoms with E-state index in [1.54, 1.807) is 0 Å². The minimum atomic E-state index is -0.326. The number of thioether (sulfide) groups is 1. The van der Waals surface area contributed by atoms with Gasteiger partial charge in [0.15, 0.2) is 5.82 Å². The molecule has 0 unspecified atom stereocenters. The number of benzene rings is 1. The quantitative estimate of drug-likeness (QED) is 0.611. The Bertz CT molecular complexity index is 710. The molecule has 0 aliphatic rings. The van der Waals surface area contributed by atoms with Crippen molar-refractivity contribution < 1.29 is 4.79 Å². The molecule has 3 N–H and O–H groups in total. The van der Waals surface area contributed by atoms with Crippen molar-refractivity contribution in [3.05, 3.63) is 28.7 Å². The Labute approximate surface area is 148 Å². The number of halogens is 1. The van der Waals surface area contributed by atoms with Gasteiger partial charge >= 0.3 is 0 Å². The van der Waals surface area contributed by atoms with Crippen molar-refractivity contribution in [2.24, 2.45) is 0 Å². The Kier molecular flexibility index (Phi) is 5.36. The standard InChI is InChI=1S/C15H20BrN5OS/c1-9(13(22)18-15(2,3)4)23-14-20-19-12(21(14)17)10-7-5-6-8-11(10)16/h5-9H,17H2,1-4H3,(H,18,22)/t9-/m0/s1. The van der Waals surface area contributed by atoms with Gasteiger partial charge in [-0.2, -0.15) is 0 Å². The Balaban J connectivity index is 2.17. The van der Waals surface area contributed by atoms with Crippen LogP contribution < -0.4 is 11.2 Å².